The number of hydrogen-bond acceptors (Lipinski definition) is 1. The first-order valence-corrected chi connectivity index (χ1v) is 5.48. The molecule has 0 heterocycles. The molecule has 0 aliphatic heterocycles. The predicted molar refractivity (Wildman–Crippen MR) is 55.5 cm³/mol. The van der Waals surface area contributed by atoms with Crippen LogP contribution in [0.4, 0.5) is 0 Å². The molecule has 0 N–H and O–H groups in total. The Morgan fingerprint density at radius 3 is 2.93 bits per heavy atom. The molecule has 1 aromatic rings. The van der Waals surface area contributed by atoms with E-state index in [0.717, 1.165) is 12.0 Å². The smallest absolute Gasteiger partial charge is 0.163 e. The van der Waals surface area contributed by atoms with E-state index in [1.54, 1.807) is 0 Å². The van der Waals surface area contributed by atoms with Crippen LogP contribution >= 0.6 is 0 Å². The van der Waals surface area contributed by atoms with Crippen LogP contribution in [-0.2, 0) is 0 Å². The molecule has 2 aliphatic rings. The van der Waals surface area contributed by atoms with Crippen LogP contribution in [0, 0.1) is 5.92 Å². The van der Waals surface area contributed by atoms with E-state index in [4.69, 9.17) is 0 Å². The van der Waals surface area contributed by atoms with Crippen molar-refractivity contribution in [1.29, 1.82) is 0 Å². The Kier molecular flexibility index (Phi) is 1.73. The van der Waals surface area contributed by atoms with E-state index in [9.17, 15) is 4.79 Å². The minimum atomic E-state index is 0.365. The Morgan fingerprint density at radius 1 is 1.14 bits per heavy atom. The van der Waals surface area contributed by atoms with E-state index in [0.29, 0.717) is 17.6 Å². The lowest BCUT2D eigenvalue weighted by Crippen LogP contribution is -2.21. The third kappa shape index (κ3) is 1.05. The second kappa shape index (κ2) is 2.94. The maximum atomic E-state index is 11.8. The fourth-order valence-electron chi connectivity index (χ4n) is 3.11. The van der Waals surface area contributed by atoms with Crippen molar-refractivity contribution in [3.63, 3.8) is 0 Å². The quantitative estimate of drug-likeness (QED) is 0.608. The van der Waals surface area contributed by atoms with Gasteiger partial charge in [-0.3, -0.25) is 4.79 Å². The van der Waals surface area contributed by atoms with Crippen molar-refractivity contribution in [3.8, 4) is 0 Å². The number of carbonyl (C=O) groups excluding carboxylic acids is 1. The number of rotatable bonds is 0. The van der Waals surface area contributed by atoms with Crippen LogP contribution in [0.2, 0.25) is 0 Å². The second-order valence-corrected chi connectivity index (χ2v) is 4.51. The molecule has 2 aliphatic carbocycles. The van der Waals surface area contributed by atoms with Gasteiger partial charge >= 0.3 is 0 Å². The highest BCUT2D eigenvalue weighted by atomic mass is 16.1. The summed E-state index contributed by atoms with van der Waals surface area (Å²) in [6.45, 7) is 0. The standard InChI is InChI=1S/C13H14O/c14-13-8-9-4-3-7-10(9)11-5-1-2-6-12(11)13/h1-2,5-6,9-10H,3-4,7-8H2/t9-,10+/m1/s1. The highest BCUT2D eigenvalue weighted by Gasteiger charge is 2.36. The average Bonchev–Trinajstić information content (AvgIpc) is 2.66. The number of hydrogen-bond donors (Lipinski definition) is 0. The lowest BCUT2D eigenvalue weighted by Gasteiger charge is -2.27. The monoisotopic (exact) mass is 186 g/mol. The van der Waals surface area contributed by atoms with Crippen molar-refractivity contribution >= 4 is 5.78 Å². The summed E-state index contributed by atoms with van der Waals surface area (Å²) in [4.78, 5) is 11.8. The largest absolute Gasteiger partial charge is 0.294 e. The van der Waals surface area contributed by atoms with Crippen LogP contribution < -0.4 is 0 Å². The zero-order chi connectivity index (χ0) is 9.54. The lowest BCUT2D eigenvalue weighted by molar-refractivity contribution is 0.0943. The number of Topliss-reactive ketones (excluding diaryl/α,β-unsaturated/α-hetero) is 1. The van der Waals surface area contributed by atoms with Crippen LogP contribution in [0.1, 0.15) is 47.5 Å². The molecule has 0 unspecified atom stereocenters. The first kappa shape index (κ1) is 8.22. The van der Waals surface area contributed by atoms with Crippen LogP contribution in [-0.4, -0.2) is 5.78 Å². The van der Waals surface area contributed by atoms with Crippen molar-refractivity contribution in [1.82, 2.24) is 0 Å². The molecular formula is C13H14O. The first-order chi connectivity index (χ1) is 6.86. The van der Waals surface area contributed by atoms with Gasteiger partial charge in [0.15, 0.2) is 5.78 Å². The van der Waals surface area contributed by atoms with Crippen LogP contribution in [0.3, 0.4) is 0 Å². The third-order valence-corrected chi connectivity index (χ3v) is 3.77. The van der Waals surface area contributed by atoms with Gasteiger partial charge in [-0.2, -0.15) is 0 Å². The van der Waals surface area contributed by atoms with E-state index in [1.165, 1.54) is 24.8 Å². The molecule has 0 radical (unpaired) electrons. The van der Waals surface area contributed by atoms with E-state index in [-0.39, 0.29) is 0 Å². The predicted octanol–water partition coefficient (Wildman–Crippen LogP) is 3.16. The van der Waals surface area contributed by atoms with Gasteiger partial charge in [-0.1, -0.05) is 30.7 Å². The minimum absolute atomic E-state index is 0.365. The molecular weight excluding hydrogens is 172 g/mol. The van der Waals surface area contributed by atoms with Gasteiger partial charge in [0.1, 0.15) is 0 Å². The molecule has 1 nitrogen and oxygen atoms in total. The summed E-state index contributed by atoms with van der Waals surface area (Å²) in [7, 11) is 0. The summed E-state index contributed by atoms with van der Waals surface area (Å²) in [6, 6.07) is 8.18. The molecule has 0 saturated heterocycles. The molecule has 0 aromatic heterocycles. The van der Waals surface area contributed by atoms with Crippen molar-refractivity contribution in [3.05, 3.63) is 35.4 Å². The zero-order valence-electron chi connectivity index (χ0n) is 8.20. The number of fused-ring (bicyclic) bond motifs is 3. The van der Waals surface area contributed by atoms with E-state index in [2.05, 4.69) is 12.1 Å². The molecule has 1 saturated carbocycles. The summed E-state index contributed by atoms with van der Waals surface area (Å²) in [5, 5.41) is 0. The lowest BCUT2D eigenvalue weighted by atomic mass is 9.76. The molecule has 0 bridgehead atoms. The van der Waals surface area contributed by atoms with E-state index < -0.39 is 0 Å². The molecule has 1 aromatic carbocycles. The van der Waals surface area contributed by atoms with Crippen LogP contribution in [0.15, 0.2) is 24.3 Å². The summed E-state index contributed by atoms with van der Waals surface area (Å²) in [6.07, 6.45) is 4.64. The van der Waals surface area contributed by atoms with Crippen molar-refractivity contribution < 1.29 is 4.79 Å². The Labute approximate surface area is 84.1 Å². The Morgan fingerprint density at radius 2 is 2.00 bits per heavy atom. The van der Waals surface area contributed by atoms with Crippen molar-refractivity contribution in [2.24, 2.45) is 5.92 Å². The summed E-state index contributed by atoms with van der Waals surface area (Å²) >= 11 is 0. The van der Waals surface area contributed by atoms with E-state index in [1.807, 2.05) is 12.1 Å². The van der Waals surface area contributed by atoms with Crippen LogP contribution in [0.5, 0.6) is 0 Å². The molecule has 2 atom stereocenters. The van der Waals surface area contributed by atoms with Gasteiger partial charge in [0.25, 0.3) is 0 Å². The van der Waals surface area contributed by atoms with Crippen molar-refractivity contribution in [2.45, 2.75) is 31.6 Å². The van der Waals surface area contributed by atoms with Crippen LogP contribution in [0.25, 0.3) is 0 Å². The van der Waals surface area contributed by atoms with Gasteiger partial charge in [0.05, 0.1) is 0 Å². The molecule has 1 fully saturated rings. The van der Waals surface area contributed by atoms with Crippen molar-refractivity contribution in [2.75, 3.05) is 0 Å². The van der Waals surface area contributed by atoms with Gasteiger partial charge in [0, 0.05) is 12.0 Å². The van der Waals surface area contributed by atoms with Gasteiger partial charge in [-0.15, -0.1) is 0 Å². The summed E-state index contributed by atoms with van der Waals surface area (Å²) < 4.78 is 0. The second-order valence-electron chi connectivity index (χ2n) is 4.51. The molecule has 1 heteroatoms. The Hall–Kier alpha value is -1.11. The summed E-state index contributed by atoms with van der Waals surface area (Å²) in [5.74, 6) is 1.70. The Bertz CT molecular complexity index is 381. The molecule has 0 spiro atoms. The van der Waals surface area contributed by atoms with E-state index >= 15 is 0 Å². The maximum absolute atomic E-state index is 11.8. The Balaban J connectivity index is 2.13. The fraction of sp³-hybridized carbons (Fsp3) is 0.462. The minimum Gasteiger partial charge on any atom is -0.294 e. The number of benzene rings is 1. The topological polar surface area (TPSA) is 17.1 Å². The van der Waals surface area contributed by atoms with Gasteiger partial charge in [0.2, 0.25) is 0 Å². The highest BCUT2D eigenvalue weighted by molar-refractivity contribution is 5.99. The molecule has 14 heavy (non-hydrogen) atoms. The average molecular weight is 186 g/mol. The number of carbonyl (C=O) groups is 1. The maximum Gasteiger partial charge on any atom is 0.163 e. The zero-order valence-corrected chi connectivity index (χ0v) is 8.20. The first-order valence-electron chi connectivity index (χ1n) is 5.48. The van der Waals surface area contributed by atoms with Gasteiger partial charge < -0.3 is 0 Å². The van der Waals surface area contributed by atoms with Gasteiger partial charge in [-0.25, -0.2) is 0 Å². The fourth-order valence-corrected chi connectivity index (χ4v) is 3.11. The normalized spacial score (nSPS) is 29.9. The molecule has 72 valence electrons. The molecule has 0 amide bonds. The SMILES string of the molecule is O=C1C[C@H]2CCC[C@@H]2c2ccccc21. The third-order valence-electron chi connectivity index (χ3n) is 3.77. The highest BCUT2D eigenvalue weighted by Crippen LogP contribution is 2.46. The molecule has 3 rings (SSSR count). The van der Waals surface area contributed by atoms with Gasteiger partial charge in [-0.05, 0) is 30.2 Å². The number of ketones is 1. The summed E-state index contributed by atoms with van der Waals surface area (Å²) in [5.41, 5.74) is 2.32.